The summed E-state index contributed by atoms with van der Waals surface area (Å²) < 4.78 is 13.9. The number of carbonyl (C=O) groups is 1. The summed E-state index contributed by atoms with van der Waals surface area (Å²) in [7, 11) is 0. The Hall–Kier alpha value is -4.59. The fourth-order valence-electron chi connectivity index (χ4n) is 4.88. The van der Waals surface area contributed by atoms with E-state index in [4.69, 9.17) is 9.47 Å². The molecular weight excluding hydrogens is 490 g/mol. The van der Waals surface area contributed by atoms with E-state index in [1.165, 1.54) is 11.9 Å². The van der Waals surface area contributed by atoms with E-state index in [1.807, 2.05) is 76.2 Å². The van der Waals surface area contributed by atoms with Gasteiger partial charge in [-0.25, -0.2) is 4.68 Å². The second-order valence-electron chi connectivity index (χ2n) is 9.78. The minimum atomic E-state index is -0.514. The number of carbonyl (C=O) groups excluding carboxylic acids is 1. The first-order valence-electron chi connectivity index (χ1n) is 13.0. The van der Waals surface area contributed by atoms with Gasteiger partial charge in [0, 0.05) is 11.4 Å². The van der Waals surface area contributed by atoms with Gasteiger partial charge >= 0.3 is 0 Å². The Balaban J connectivity index is 1.49. The second-order valence-corrected chi connectivity index (χ2v) is 9.78. The highest BCUT2D eigenvalue weighted by Crippen LogP contribution is 2.39. The molecule has 1 aromatic heterocycles. The lowest BCUT2D eigenvalue weighted by Crippen LogP contribution is -2.31. The summed E-state index contributed by atoms with van der Waals surface area (Å²) in [5, 5.41) is 10.8. The molecule has 1 aliphatic rings. The number of hydrogen-bond donors (Lipinski definition) is 2. The van der Waals surface area contributed by atoms with Crippen LogP contribution in [0.2, 0.25) is 0 Å². The van der Waals surface area contributed by atoms with Crippen LogP contribution >= 0.6 is 0 Å². The number of rotatable bonds is 8. The molecule has 2 N–H and O–H groups in total. The first-order valence-corrected chi connectivity index (χ1v) is 13.0. The van der Waals surface area contributed by atoms with Gasteiger partial charge in [0.15, 0.2) is 11.5 Å². The molecule has 0 aliphatic carbocycles. The van der Waals surface area contributed by atoms with Gasteiger partial charge in [-0.2, -0.15) is 10.1 Å². The average Bonchev–Trinajstić information content (AvgIpc) is 3.37. The van der Waals surface area contributed by atoms with E-state index >= 15 is 0 Å². The van der Waals surface area contributed by atoms with Crippen molar-refractivity contribution in [3.8, 4) is 11.5 Å². The quantitative estimate of drug-likeness (QED) is 0.290. The minimum Gasteiger partial charge on any atom is -0.490 e. The summed E-state index contributed by atoms with van der Waals surface area (Å²) >= 11 is 0. The van der Waals surface area contributed by atoms with Crippen molar-refractivity contribution in [2.45, 2.75) is 47.3 Å². The van der Waals surface area contributed by atoms with E-state index in [0.717, 1.165) is 27.9 Å². The van der Waals surface area contributed by atoms with Crippen molar-refractivity contribution in [2.75, 3.05) is 17.2 Å². The number of amides is 1. The normalized spacial score (nSPS) is 14.4. The summed E-state index contributed by atoms with van der Waals surface area (Å²) in [4.78, 5) is 18.1. The van der Waals surface area contributed by atoms with Crippen LogP contribution in [0.25, 0.3) is 0 Å². The first kappa shape index (κ1) is 26.0. The predicted molar refractivity (Wildman–Crippen MR) is 152 cm³/mol. The van der Waals surface area contributed by atoms with E-state index in [9.17, 15) is 4.79 Å². The number of aromatic nitrogens is 3. The summed E-state index contributed by atoms with van der Waals surface area (Å²) in [5.74, 6) is 1.60. The molecule has 0 saturated heterocycles. The molecule has 8 heteroatoms. The Labute approximate surface area is 228 Å². The van der Waals surface area contributed by atoms with Crippen LogP contribution in [0.15, 0.2) is 78.3 Å². The Kier molecular flexibility index (Phi) is 7.36. The lowest BCUT2D eigenvalue weighted by atomic mass is 9.94. The van der Waals surface area contributed by atoms with Crippen molar-refractivity contribution in [2.24, 2.45) is 0 Å². The molecule has 1 aliphatic heterocycles. The number of ether oxygens (including phenoxy) is 2. The van der Waals surface area contributed by atoms with Gasteiger partial charge in [0.1, 0.15) is 19.0 Å². The molecule has 4 aromatic rings. The van der Waals surface area contributed by atoms with Crippen LogP contribution < -0.4 is 20.1 Å². The number of hydrogen-bond acceptors (Lipinski definition) is 6. The third-order valence-corrected chi connectivity index (χ3v) is 6.73. The molecule has 5 rings (SSSR count). The maximum Gasteiger partial charge on any atom is 0.255 e. The third-order valence-electron chi connectivity index (χ3n) is 6.73. The topological polar surface area (TPSA) is 90.3 Å². The largest absolute Gasteiger partial charge is 0.490 e. The van der Waals surface area contributed by atoms with Crippen LogP contribution in [0.3, 0.4) is 0 Å². The van der Waals surface area contributed by atoms with Crippen molar-refractivity contribution in [3.05, 3.63) is 106 Å². The van der Waals surface area contributed by atoms with Crippen LogP contribution in [0.4, 0.5) is 11.6 Å². The molecule has 39 heavy (non-hydrogen) atoms. The number of fused-ring (bicyclic) bond motifs is 1. The predicted octanol–water partition coefficient (Wildman–Crippen LogP) is 6.11. The Bertz CT molecular complexity index is 1560. The van der Waals surface area contributed by atoms with E-state index in [-0.39, 0.29) is 5.91 Å². The van der Waals surface area contributed by atoms with Gasteiger partial charge in [-0.15, -0.1) is 0 Å². The van der Waals surface area contributed by atoms with Crippen molar-refractivity contribution < 1.29 is 14.3 Å². The van der Waals surface area contributed by atoms with Crippen molar-refractivity contribution in [1.82, 2.24) is 14.8 Å². The fourth-order valence-corrected chi connectivity index (χ4v) is 4.88. The van der Waals surface area contributed by atoms with Gasteiger partial charge in [0.25, 0.3) is 5.91 Å². The second kappa shape index (κ2) is 11.0. The lowest BCUT2D eigenvalue weighted by molar-refractivity contribution is -0.113. The number of nitrogens with one attached hydrogen (secondary N) is 2. The third kappa shape index (κ3) is 5.50. The Morgan fingerprint density at radius 3 is 2.56 bits per heavy atom. The molecule has 8 nitrogen and oxygen atoms in total. The molecule has 0 saturated carbocycles. The van der Waals surface area contributed by atoms with Crippen LogP contribution in [0, 0.1) is 20.8 Å². The van der Waals surface area contributed by atoms with E-state index < -0.39 is 6.04 Å². The number of allylic oxidation sites excluding steroid dienone is 1. The molecule has 1 amide bonds. The lowest BCUT2D eigenvalue weighted by Gasteiger charge is -2.29. The standard InChI is InChI=1S/C31H33N5O3/c1-6-38-27-16-24(11-13-26(27)39-17-23-9-7-8-19(2)15-23)29-28(22(5)34-31-32-18-33-36(29)31)30(37)35-25-12-10-20(3)14-21(25)4/h7-16,18,29H,6,17H2,1-5H3,(H,35,37)(H,32,33,34)/t29-/m0/s1. The number of benzene rings is 3. The highest BCUT2D eigenvalue weighted by molar-refractivity contribution is 6.06. The zero-order valence-corrected chi connectivity index (χ0v) is 22.9. The maximum atomic E-state index is 13.8. The highest BCUT2D eigenvalue weighted by atomic mass is 16.5. The van der Waals surface area contributed by atoms with Crippen LogP contribution in [0.1, 0.15) is 47.7 Å². The van der Waals surface area contributed by atoms with Crippen LogP contribution in [0.5, 0.6) is 11.5 Å². The van der Waals surface area contributed by atoms with E-state index in [1.54, 1.807) is 4.68 Å². The summed E-state index contributed by atoms with van der Waals surface area (Å²) in [5.41, 5.74) is 7.25. The monoisotopic (exact) mass is 523 g/mol. The molecule has 2 heterocycles. The fraction of sp³-hybridized carbons (Fsp3) is 0.258. The van der Waals surface area contributed by atoms with Gasteiger partial charge in [0.05, 0.1) is 12.2 Å². The van der Waals surface area contributed by atoms with Crippen molar-refractivity contribution >= 4 is 17.5 Å². The number of anilines is 2. The number of aryl methyl sites for hydroxylation is 3. The summed E-state index contributed by atoms with van der Waals surface area (Å²) in [6, 6.07) is 19.4. The van der Waals surface area contributed by atoms with Crippen LogP contribution in [-0.4, -0.2) is 27.3 Å². The SMILES string of the molecule is CCOc1cc([C@H]2C(C(=O)Nc3ccc(C)cc3C)=C(C)Nc3ncnn32)ccc1OCc1cccc(C)c1. The van der Waals surface area contributed by atoms with Gasteiger partial charge in [0.2, 0.25) is 5.95 Å². The Morgan fingerprint density at radius 2 is 1.79 bits per heavy atom. The maximum absolute atomic E-state index is 13.8. The van der Waals surface area contributed by atoms with Gasteiger partial charge in [-0.1, -0.05) is 53.6 Å². The molecular formula is C31H33N5O3. The number of nitrogens with zero attached hydrogens (tertiary/aromatic N) is 3. The van der Waals surface area contributed by atoms with E-state index in [2.05, 4.69) is 39.8 Å². The summed E-state index contributed by atoms with van der Waals surface area (Å²) in [6.07, 6.45) is 1.48. The van der Waals surface area contributed by atoms with Gasteiger partial charge < -0.3 is 20.1 Å². The van der Waals surface area contributed by atoms with E-state index in [0.29, 0.717) is 41.9 Å². The molecule has 3 aromatic carbocycles. The summed E-state index contributed by atoms with van der Waals surface area (Å²) in [6.45, 7) is 10.8. The average molecular weight is 524 g/mol. The van der Waals surface area contributed by atoms with Gasteiger partial charge in [-0.05, 0) is 69.5 Å². The molecule has 0 fully saturated rings. The van der Waals surface area contributed by atoms with Crippen molar-refractivity contribution in [1.29, 1.82) is 0 Å². The molecule has 200 valence electrons. The molecule has 0 bridgehead atoms. The highest BCUT2D eigenvalue weighted by Gasteiger charge is 2.34. The molecule has 0 spiro atoms. The van der Waals surface area contributed by atoms with Gasteiger partial charge in [-0.3, -0.25) is 4.79 Å². The zero-order valence-electron chi connectivity index (χ0n) is 22.9. The van der Waals surface area contributed by atoms with Crippen molar-refractivity contribution in [3.63, 3.8) is 0 Å². The molecule has 0 unspecified atom stereocenters. The smallest absolute Gasteiger partial charge is 0.255 e. The van der Waals surface area contributed by atoms with Crippen LogP contribution in [-0.2, 0) is 11.4 Å². The first-order chi connectivity index (χ1) is 18.8. The zero-order chi connectivity index (χ0) is 27.5. The molecule has 1 atom stereocenters. The molecule has 0 radical (unpaired) electrons. The Morgan fingerprint density at radius 1 is 0.974 bits per heavy atom. The minimum absolute atomic E-state index is 0.212.